The molecule has 5 heteroatoms. The number of hydrogen-bond donors (Lipinski definition) is 0. The third kappa shape index (κ3) is 2.88. The molecular weight excluding hydrogens is 330 g/mol. The van der Waals surface area contributed by atoms with E-state index >= 15 is 0 Å². The van der Waals surface area contributed by atoms with E-state index in [1.807, 2.05) is 53.1 Å². The first-order valence-corrected chi connectivity index (χ1v) is 8.71. The molecule has 0 N–H and O–H groups in total. The summed E-state index contributed by atoms with van der Waals surface area (Å²) in [7, 11) is 0. The van der Waals surface area contributed by atoms with Crippen LogP contribution in [0.5, 0.6) is 5.75 Å². The molecule has 2 aromatic carbocycles. The highest BCUT2D eigenvalue weighted by molar-refractivity contribution is 7.15. The van der Waals surface area contributed by atoms with E-state index in [2.05, 4.69) is 24.0 Å². The molecule has 2 heterocycles. The summed E-state index contributed by atoms with van der Waals surface area (Å²) in [5.41, 5.74) is 4.24. The Morgan fingerprint density at radius 2 is 1.96 bits per heavy atom. The van der Waals surface area contributed by atoms with Crippen LogP contribution in [0.3, 0.4) is 0 Å². The number of ether oxygens (including phenoxy) is 1. The van der Waals surface area contributed by atoms with Crippen molar-refractivity contribution in [3.8, 4) is 16.8 Å². The number of hydrogen-bond acceptors (Lipinski definition) is 4. The van der Waals surface area contributed by atoms with Crippen molar-refractivity contribution in [3.05, 3.63) is 76.9 Å². The molecule has 0 aliphatic carbocycles. The Morgan fingerprint density at radius 3 is 2.80 bits per heavy atom. The van der Waals surface area contributed by atoms with Crippen LogP contribution >= 0.6 is 11.3 Å². The van der Waals surface area contributed by atoms with E-state index in [1.54, 1.807) is 6.33 Å². The average Bonchev–Trinajstić information content (AvgIpc) is 3.24. The molecule has 0 aliphatic heterocycles. The highest BCUT2D eigenvalue weighted by Crippen LogP contribution is 2.33. The molecule has 0 saturated carbocycles. The van der Waals surface area contributed by atoms with Crippen LogP contribution in [0.15, 0.2) is 60.9 Å². The van der Waals surface area contributed by atoms with Crippen LogP contribution in [0.25, 0.3) is 16.0 Å². The number of imidazole rings is 1. The third-order valence-corrected chi connectivity index (χ3v) is 5.14. The van der Waals surface area contributed by atoms with Gasteiger partial charge in [0.15, 0.2) is 5.75 Å². The number of benzene rings is 2. The molecule has 4 rings (SSSR count). The molecule has 0 aliphatic rings. The number of rotatable bonds is 4. The van der Waals surface area contributed by atoms with Gasteiger partial charge in [0.2, 0.25) is 0 Å². The second-order valence-electron chi connectivity index (χ2n) is 5.71. The van der Waals surface area contributed by atoms with Gasteiger partial charge in [0, 0.05) is 6.07 Å². The van der Waals surface area contributed by atoms with Gasteiger partial charge in [0.1, 0.15) is 28.9 Å². The summed E-state index contributed by atoms with van der Waals surface area (Å²) >= 11 is 1.41. The highest BCUT2D eigenvalue weighted by atomic mass is 32.1. The van der Waals surface area contributed by atoms with E-state index in [0.29, 0.717) is 17.2 Å². The molecule has 0 bridgehead atoms. The van der Waals surface area contributed by atoms with E-state index in [1.165, 1.54) is 16.9 Å². The third-order valence-electron chi connectivity index (χ3n) is 4.12. The van der Waals surface area contributed by atoms with Crippen LogP contribution in [0.4, 0.5) is 0 Å². The smallest absolute Gasteiger partial charge is 0.150 e. The standard InChI is InChI=1S/C20H15N3OS/c1-14-6-2-3-7-15(14)12-24-18-10-20(25-19(18)11-21)23-13-22-16-8-4-5-9-17(16)23/h2-10,13H,12H2,1H3. The maximum Gasteiger partial charge on any atom is 0.150 e. The van der Waals surface area contributed by atoms with Crippen molar-refractivity contribution in [2.45, 2.75) is 13.5 Å². The summed E-state index contributed by atoms with van der Waals surface area (Å²) in [4.78, 5) is 4.98. The van der Waals surface area contributed by atoms with Crippen LogP contribution in [0.2, 0.25) is 0 Å². The molecule has 2 aromatic heterocycles. The van der Waals surface area contributed by atoms with Crippen LogP contribution in [-0.4, -0.2) is 9.55 Å². The molecule has 0 unspecified atom stereocenters. The Labute approximate surface area is 149 Å². The number of nitrogens with zero attached hydrogens (tertiary/aromatic N) is 3. The molecule has 25 heavy (non-hydrogen) atoms. The fourth-order valence-electron chi connectivity index (χ4n) is 2.73. The molecule has 4 aromatic rings. The summed E-state index contributed by atoms with van der Waals surface area (Å²) in [6, 6.07) is 20.2. The average molecular weight is 345 g/mol. The summed E-state index contributed by atoms with van der Waals surface area (Å²) in [6.07, 6.45) is 1.78. The Balaban J connectivity index is 1.66. The summed E-state index contributed by atoms with van der Waals surface area (Å²) in [6.45, 7) is 2.50. The Bertz CT molecular complexity index is 1090. The monoisotopic (exact) mass is 345 g/mol. The fraction of sp³-hybridized carbons (Fsp3) is 0.100. The van der Waals surface area contributed by atoms with Crippen LogP contribution in [-0.2, 0) is 6.61 Å². The topological polar surface area (TPSA) is 50.8 Å². The number of para-hydroxylation sites is 2. The second-order valence-corrected chi connectivity index (χ2v) is 6.74. The van der Waals surface area contributed by atoms with Crippen LogP contribution in [0.1, 0.15) is 16.0 Å². The minimum absolute atomic E-state index is 0.447. The van der Waals surface area contributed by atoms with E-state index < -0.39 is 0 Å². The van der Waals surface area contributed by atoms with Gasteiger partial charge in [-0.1, -0.05) is 36.4 Å². The Hall–Kier alpha value is -3.10. The maximum atomic E-state index is 9.45. The van der Waals surface area contributed by atoms with Crippen LogP contribution in [0, 0.1) is 18.3 Å². The summed E-state index contributed by atoms with van der Waals surface area (Å²) in [5, 5.41) is 10.4. The van der Waals surface area contributed by atoms with Crippen molar-refractivity contribution in [2.75, 3.05) is 0 Å². The van der Waals surface area contributed by atoms with Gasteiger partial charge in [-0.2, -0.15) is 5.26 Å². The van der Waals surface area contributed by atoms with Gasteiger partial charge in [0.25, 0.3) is 0 Å². The first-order valence-electron chi connectivity index (χ1n) is 7.90. The zero-order valence-electron chi connectivity index (χ0n) is 13.6. The Morgan fingerprint density at radius 1 is 1.16 bits per heavy atom. The van der Waals surface area contributed by atoms with E-state index in [-0.39, 0.29) is 0 Å². The van der Waals surface area contributed by atoms with Crippen molar-refractivity contribution in [3.63, 3.8) is 0 Å². The zero-order valence-corrected chi connectivity index (χ0v) is 14.5. The number of nitriles is 1. The summed E-state index contributed by atoms with van der Waals surface area (Å²) < 4.78 is 7.93. The minimum Gasteiger partial charge on any atom is -0.487 e. The molecular formula is C20H15N3OS. The predicted octanol–water partition coefficient (Wildman–Crippen LogP) is 4.85. The molecule has 0 radical (unpaired) electrons. The van der Waals surface area contributed by atoms with Gasteiger partial charge in [-0.3, -0.25) is 4.57 Å². The Kier molecular flexibility index (Phi) is 3.96. The zero-order chi connectivity index (χ0) is 17.2. The lowest BCUT2D eigenvalue weighted by molar-refractivity contribution is 0.306. The first-order chi connectivity index (χ1) is 12.3. The van der Waals surface area contributed by atoms with Gasteiger partial charge < -0.3 is 4.74 Å². The lowest BCUT2D eigenvalue weighted by Gasteiger charge is -2.07. The molecule has 0 amide bonds. The van der Waals surface area contributed by atoms with Gasteiger partial charge in [-0.05, 0) is 30.2 Å². The van der Waals surface area contributed by atoms with Gasteiger partial charge in [-0.15, -0.1) is 11.3 Å². The fourth-order valence-corrected chi connectivity index (χ4v) is 3.61. The normalized spacial score (nSPS) is 10.7. The van der Waals surface area contributed by atoms with Crippen molar-refractivity contribution in [1.29, 1.82) is 5.26 Å². The number of aromatic nitrogens is 2. The van der Waals surface area contributed by atoms with E-state index in [4.69, 9.17) is 4.74 Å². The number of aryl methyl sites for hydroxylation is 1. The van der Waals surface area contributed by atoms with E-state index in [0.717, 1.165) is 21.6 Å². The molecule has 0 atom stereocenters. The molecule has 4 nitrogen and oxygen atoms in total. The maximum absolute atomic E-state index is 9.45. The summed E-state index contributed by atoms with van der Waals surface area (Å²) in [5.74, 6) is 0.614. The van der Waals surface area contributed by atoms with Crippen molar-refractivity contribution in [2.24, 2.45) is 0 Å². The minimum atomic E-state index is 0.447. The lowest BCUT2D eigenvalue weighted by atomic mass is 10.1. The van der Waals surface area contributed by atoms with Crippen molar-refractivity contribution in [1.82, 2.24) is 9.55 Å². The first kappa shape index (κ1) is 15.4. The molecule has 0 fully saturated rings. The van der Waals surface area contributed by atoms with Gasteiger partial charge in [0.05, 0.1) is 11.0 Å². The van der Waals surface area contributed by atoms with Crippen molar-refractivity contribution < 1.29 is 4.74 Å². The molecule has 0 spiro atoms. The van der Waals surface area contributed by atoms with Crippen molar-refractivity contribution >= 4 is 22.4 Å². The number of fused-ring (bicyclic) bond motifs is 1. The number of thiophene rings is 1. The SMILES string of the molecule is Cc1ccccc1COc1cc(-n2cnc3ccccc32)sc1C#N. The van der Waals surface area contributed by atoms with E-state index in [9.17, 15) is 5.26 Å². The predicted molar refractivity (Wildman–Crippen MR) is 99.2 cm³/mol. The lowest BCUT2D eigenvalue weighted by Crippen LogP contribution is -1.97. The van der Waals surface area contributed by atoms with Crippen LogP contribution < -0.4 is 4.74 Å². The molecule has 0 saturated heterocycles. The highest BCUT2D eigenvalue weighted by Gasteiger charge is 2.14. The van der Waals surface area contributed by atoms with Gasteiger partial charge in [-0.25, -0.2) is 4.98 Å². The second kappa shape index (κ2) is 6.42. The molecule has 122 valence electrons. The largest absolute Gasteiger partial charge is 0.487 e. The van der Waals surface area contributed by atoms with Gasteiger partial charge >= 0.3 is 0 Å². The quantitative estimate of drug-likeness (QED) is 0.531.